The molecular formula is C15H17N3O3. The van der Waals surface area contributed by atoms with Crippen LogP contribution in [-0.2, 0) is 0 Å². The molecular weight excluding hydrogens is 270 g/mol. The van der Waals surface area contributed by atoms with Crippen molar-refractivity contribution in [2.75, 3.05) is 13.3 Å². The van der Waals surface area contributed by atoms with Gasteiger partial charge in [-0.05, 0) is 24.6 Å². The third-order valence-electron chi connectivity index (χ3n) is 3.21. The molecule has 0 aromatic heterocycles. The van der Waals surface area contributed by atoms with Gasteiger partial charge in [-0.15, -0.1) is 0 Å². The first-order chi connectivity index (χ1) is 10.3. The van der Waals surface area contributed by atoms with Crippen LogP contribution in [0.5, 0.6) is 11.5 Å². The molecule has 0 saturated heterocycles. The van der Waals surface area contributed by atoms with Crippen molar-refractivity contribution in [2.45, 2.75) is 19.8 Å². The summed E-state index contributed by atoms with van der Waals surface area (Å²) in [5, 5.41) is 10.9. The number of nitrogens with zero attached hydrogens (tertiary/aromatic N) is 3. The predicted molar refractivity (Wildman–Crippen MR) is 79.1 cm³/mol. The molecule has 0 aliphatic carbocycles. The molecule has 2 heterocycles. The Morgan fingerprint density at radius 1 is 1.33 bits per heavy atom. The highest BCUT2D eigenvalue weighted by Gasteiger charge is 2.16. The molecule has 0 amide bonds. The largest absolute Gasteiger partial charge is 0.454 e. The Kier molecular flexibility index (Phi) is 3.87. The maximum atomic E-state index is 9.71. The van der Waals surface area contributed by atoms with Gasteiger partial charge in [0.25, 0.3) is 0 Å². The highest BCUT2D eigenvalue weighted by atomic mass is 16.7. The van der Waals surface area contributed by atoms with Crippen molar-refractivity contribution < 1.29 is 14.7 Å². The first-order valence-corrected chi connectivity index (χ1v) is 6.96. The lowest BCUT2D eigenvalue weighted by Crippen LogP contribution is -2.13. The lowest BCUT2D eigenvalue weighted by Gasteiger charge is -2.10. The summed E-state index contributed by atoms with van der Waals surface area (Å²) in [7, 11) is 0. The van der Waals surface area contributed by atoms with Crippen molar-refractivity contribution in [1.29, 1.82) is 0 Å². The number of fused-ring (bicyclic) bond motifs is 1. The van der Waals surface area contributed by atoms with Gasteiger partial charge >= 0.3 is 0 Å². The first-order valence-electron chi connectivity index (χ1n) is 6.96. The molecule has 110 valence electrons. The van der Waals surface area contributed by atoms with Gasteiger partial charge in [-0.2, -0.15) is 0 Å². The number of amidine groups is 1. The minimum atomic E-state index is 0.247. The van der Waals surface area contributed by atoms with Crippen molar-refractivity contribution in [3.8, 4) is 11.5 Å². The number of unbranched alkanes of at least 4 members (excludes halogenated alkanes) is 1. The molecule has 0 atom stereocenters. The number of aliphatic imine (C=N–C) groups is 2. The fourth-order valence-corrected chi connectivity index (χ4v) is 2.08. The molecule has 0 bridgehead atoms. The van der Waals surface area contributed by atoms with Gasteiger partial charge in [-0.3, -0.25) is 10.3 Å². The Balaban J connectivity index is 1.74. The normalized spacial score (nSPS) is 17.4. The second-order valence-corrected chi connectivity index (χ2v) is 4.83. The number of hydrogen-bond donors (Lipinski definition) is 1. The SMILES string of the molecule is CCCCN(O)/C=C1\C=NC(c2ccc3c(c2)OCO3)=N1. The summed E-state index contributed by atoms with van der Waals surface area (Å²) >= 11 is 0. The van der Waals surface area contributed by atoms with Crippen LogP contribution in [0.15, 0.2) is 40.1 Å². The van der Waals surface area contributed by atoms with Crippen molar-refractivity contribution in [1.82, 2.24) is 5.06 Å². The molecule has 6 nitrogen and oxygen atoms in total. The van der Waals surface area contributed by atoms with E-state index < -0.39 is 0 Å². The Morgan fingerprint density at radius 3 is 3.05 bits per heavy atom. The summed E-state index contributed by atoms with van der Waals surface area (Å²) in [5.41, 5.74) is 1.48. The minimum absolute atomic E-state index is 0.247. The zero-order valence-corrected chi connectivity index (χ0v) is 11.8. The molecule has 0 unspecified atom stereocenters. The summed E-state index contributed by atoms with van der Waals surface area (Å²) < 4.78 is 10.6. The summed E-state index contributed by atoms with van der Waals surface area (Å²) in [5.74, 6) is 2.04. The second-order valence-electron chi connectivity index (χ2n) is 4.83. The van der Waals surface area contributed by atoms with Gasteiger partial charge < -0.3 is 9.47 Å². The van der Waals surface area contributed by atoms with E-state index >= 15 is 0 Å². The van der Waals surface area contributed by atoms with E-state index in [4.69, 9.17) is 9.47 Å². The maximum Gasteiger partial charge on any atom is 0.231 e. The molecule has 0 saturated carbocycles. The molecule has 0 fully saturated rings. The average Bonchev–Trinajstić information content (AvgIpc) is 3.12. The topological polar surface area (TPSA) is 66.7 Å². The number of rotatable bonds is 5. The van der Waals surface area contributed by atoms with E-state index in [-0.39, 0.29) is 6.79 Å². The lowest BCUT2D eigenvalue weighted by molar-refractivity contribution is -0.0419. The Bertz CT molecular complexity index is 623. The van der Waals surface area contributed by atoms with E-state index in [0.717, 1.165) is 29.2 Å². The van der Waals surface area contributed by atoms with E-state index in [1.54, 1.807) is 12.4 Å². The highest BCUT2D eigenvalue weighted by Crippen LogP contribution is 2.33. The molecule has 2 aliphatic rings. The predicted octanol–water partition coefficient (Wildman–Crippen LogP) is 2.58. The fraction of sp³-hybridized carbons (Fsp3) is 0.333. The standard InChI is InChI=1S/C15H17N3O3/c1-2-3-6-18(19)9-12-8-16-15(17-12)11-4-5-13-14(7-11)21-10-20-13/h4-5,7-9,19H,2-3,6,10H2,1H3/b12-9+. The van der Waals surface area contributed by atoms with E-state index in [2.05, 4.69) is 16.9 Å². The van der Waals surface area contributed by atoms with Crippen LogP contribution in [0.3, 0.4) is 0 Å². The van der Waals surface area contributed by atoms with Gasteiger partial charge in [0.15, 0.2) is 17.3 Å². The molecule has 1 aromatic carbocycles. The monoisotopic (exact) mass is 287 g/mol. The Hall–Kier alpha value is -2.34. The van der Waals surface area contributed by atoms with Crippen molar-refractivity contribution >= 4 is 12.1 Å². The van der Waals surface area contributed by atoms with E-state index in [9.17, 15) is 5.21 Å². The Labute approximate surface area is 123 Å². The number of hydroxylamine groups is 2. The molecule has 0 spiro atoms. The second kappa shape index (κ2) is 5.97. The van der Waals surface area contributed by atoms with Crippen LogP contribution in [0.25, 0.3) is 0 Å². The summed E-state index contributed by atoms with van der Waals surface area (Å²) in [6.07, 6.45) is 5.17. The highest BCUT2D eigenvalue weighted by molar-refractivity contribution is 6.10. The molecule has 6 heteroatoms. The number of benzene rings is 1. The molecule has 21 heavy (non-hydrogen) atoms. The first kappa shape index (κ1) is 13.6. The number of allylic oxidation sites excluding steroid dienone is 1. The van der Waals surface area contributed by atoms with Gasteiger partial charge in [0, 0.05) is 12.1 Å². The average molecular weight is 287 g/mol. The molecule has 2 aliphatic heterocycles. The van der Waals surface area contributed by atoms with Crippen molar-refractivity contribution in [3.63, 3.8) is 0 Å². The van der Waals surface area contributed by atoms with Gasteiger partial charge in [0.1, 0.15) is 5.70 Å². The van der Waals surface area contributed by atoms with Gasteiger partial charge in [0.2, 0.25) is 6.79 Å². The van der Waals surface area contributed by atoms with Crippen LogP contribution in [0.4, 0.5) is 0 Å². The van der Waals surface area contributed by atoms with Crippen LogP contribution in [-0.4, -0.2) is 35.7 Å². The third-order valence-corrected chi connectivity index (χ3v) is 3.21. The van der Waals surface area contributed by atoms with E-state index in [1.807, 2.05) is 18.2 Å². The van der Waals surface area contributed by atoms with Gasteiger partial charge in [-0.25, -0.2) is 9.98 Å². The van der Waals surface area contributed by atoms with E-state index in [0.29, 0.717) is 23.8 Å². The smallest absolute Gasteiger partial charge is 0.231 e. The summed E-state index contributed by atoms with van der Waals surface area (Å²) in [6.45, 7) is 2.91. The summed E-state index contributed by atoms with van der Waals surface area (Å²) in [4.78, 5) is 8.66. The molecule has 1 aromatic rings. The lowest BCUT2D eigenvalue weighted by atomic mass is 10.2. The van der Waals surface area contributed by atoms with Gasteiger partial charge in [-0.1, -0.05) is 13.3 Å². The zero-order chi connectivity index (χ0) is 14.7. The van der Waals surface area contributed by atoms with Crippen LogP contribution >= 0.6 is 0 Å². The Morgan fingerprint density at radius 2 is 2.19 bits per heavy atom. The van der Waals surface area contributed by atoms with Crippen LogP contribution < -0.4 is 9.47 Å². The van der Waals surface area contributed by atoms with Crippen LogP contribution in [0.1, 0.15) is 25.3 Å². The molecule has 0 radical (unpaired) electrons. The number of hydrogen-bond acceptors (Lipinski definition) is 6. The quantitative estimate of drug-likeness (QED) is 0.845. The maximum absolute atomic E-state index is 9.71. The zero-order valence-electron chi connectivity index (χ0n) is 11.8. The number of ether oxygens (including phenoxy) is 2. The van der Waals surface area contributed by atoms with Gasteiger partial charge in [0.05, 0.1) is 12.4 Å². The van der Waals surface area contributed by atoms with E-state index in [1.165, 1.54) is 0 Å². The third kappa shape index (κ3) is 3.05. The van der Waals surface area contributed by atoms with Crippen LogP contribution in [0, 0.1) is 0 Å². The molecule has 1 N–H and O–H groups in total. The summed E-state index contributed by atoms with van der Waals surface area (Å²) in [6, 6.07) is 5.59. The minimum Gasteiger partial charge on any atom is -0.454 e. The fourth-order valence-electron chi connectivity index (χ4n) is 2.08. The molecule has 3 rings (SSSR count). The van der Waals surface area contributed by atoms with Crippen molar-refractivity contribution in [2.24, 2.45) is 9.98 Å². The van der Waals surface area contributed by atoms with Crippen LogP contribution in [0.2, 0.25) is 0 Å². The van der Waals surface area contributed by atoms with Crippen molar-refractivity contribution in [3.05, 3.63) is 35.7 Å².